The maximum atomic E-state index is 13.4. The smallest absolute Gasteiger partial charge is 0.191 e. The number of aliphatic imine (C=N–C) groups is 1. The Morgan fingerprint density at radius 3 is 2.47 bits per heavy atom. The lowest BCUT2D eigenvalue weighted by atomic mass is 9.95. The third-order valence-corrected chi connectivity index (χ3v) is 6.57. The Morgan fingerprint density at radius 1 is 1.00 bits per heavy atom. The second-order valence-corrected chi connectivity index (χ2v) is 8.48. The van der Waals surface area contributed by atoms with Gasteiger partial charge in [0.25, 0.3) is 0 Å². The van der Waals surface area contributed by atoms with E-state index in [2.05, 4.69) is 4.99 Å². The number of benzene rings is 2. The maximum absolute atomic E-state index is 13.4. The largest absolute Gasteiger partial charge is 0.497 e. The van der Waals surface area contributed by atoms with Crippen molar-refractivity contribution in [3.63, 3.8) is 0 Å². The number of hydrogen-bond acceptors (Lipinski definition) is 6. The van der Waals surface area contributed by atoms with Crippen molar-refractivity contribution in [3.8, 4) is 5.75 Å². The zero-order chi connectivity index (χ0) is 22.1. The average Bonchev–Trinajstić information content (AvgIpc) is 3.52. The molecular weight excluding hydrogens is 420 g/mol. The highest BCUT2D eigenvalue weighted by Gasteiger charge is 2.39. The van der Waals surface area contributed by atoms with Crippen LogP contribution in [0.25, 0.3) is 5.70 Å². The van der Waals surface area contributed by atoms with Gasteiger partial charge in [0.1, 0.15) is 11.8 Å². The van der Waals surface area contributed by atoms with Crippen molar-refractivity contribution in [3.05, 3.63) is 105 Å². The summed E-state index contributed by atoms with van der Waals surface area (Å²) < 4.78 is 5.20. The molecule has 2 aliphatic rings. The molecule has 32 heavy (non-hydrogen) atoms. The Hall–Kier alpha value is -3.77. The molecule has 0 amide bonds. The zero-order valence-electron chi connectivity index (χ0n) is 17.4. The predicted octanol–water partition coefficient (Wildman–Crippen LogP) is 5.23. The highest BCUT2D eigenvalue weighted by molar-refractivity contribution is 7.11. The number of hydrogen-bond donors (Lipinski definition) is 0. The summed E-state index contributed by atoms with van der Waals surface area (Å²) in [7, 11) is 1.59. The number of ketones is 2. The molecule has 0 spiro atoms. The van der Waals surface area contributed by atoms with E-state index in [1.54, 1.807) is 61.2 Å². The van der Waals surface area contributed by atoms with Crippen LogP contribution in [0.4, 0.5) is 0 Å². The summed E-state index contributed by atoms with van der Waals surface area (Å²) in [5, 5.41) is 1.99. The molecule has 3 aromatic rings. The normalized spacial score (nSPS) is 17.2. The van der Waals surface area contributed by atoms with E-state index in [9.17, 15) is 9.59 Å². The van der Waals surface area contributed by atoms with Crippen LogP contribution in [0.2, 0.25) is 0 Å². The molecule has 0 saturated carbocycles. The average molecular weight is 441 g/mol. The minimum Gasteiger partial charge on any atom is -0.497 e. The Balaban J connectivity index is 1.53. The summed E-state index contributed by atoms with van der Waals surface area (Å²) in [5.74, 6) is 0.572. The number of rotatable bonds is 6. The van der Waals surface area contributed by atoms with Gasteiger partial charge in [-0.15, -0.1) is 11.3 Å². The lowest BCUT2D eigenvalue weighted by Gasteiger charge is -2.26. The number of Topliss-reactive ketones (excluding diaryl/α,β-unsaturated/α-hetero) is 2. The molecule has 0 radical (unpaired) electrons. The van der Waals surface area contributed by atoms with Gasteiger partial charge in [-0.3, -0.25) is 9.59 Å². The molecule has 5 rings (SSSR count). The van der Waals surface area contributed by atoms with E-state index in [4.69, 9.17) is 4.74 Å². The molecule has 1 atom stereocenters. The van der Waals surface area contributed by atoms with Crippen molar-refractivity contribution in [2.45, 2.75) is 12.5 Å². The van der Waals surface area contributed by atoms with E-state index in [1.165, 1.54) is 0 Å². The van der Waals surface area contributed by atoms with Crippen molar-refractivity contribution in [1.82, 2.24) is 4.90 Å². The summed E-state index contributed by atoms with van der Waals surface area (Å²) in [4.78, 5) is 34.3. The molecule has 0 fully saturated rings. The molecule has 6 heteroatoms. The number of nitrogens with zero attached hydrogens (tertiary/aromatic N) is 2. The van der Waals surface area contributed by atoms with Crippen molar-refractivity contribution in [2.24, 2.45) is 4.99 Å². The molecule has 5 nitrogen and oxygen atoms in total. The number of allylic oxidation sites excluding steroid dienone is 1. The predicted molar refractivity (Wildman–Crippen MR) is 126 cm³/mol. The lowest BCUT2D eigenvalue weighted by Crippen LogP contribution is -2.36. The molecular formula is C26H20N2O3S. The van der Waals surface area contributed by atoms with E-state index in [0.29, 0.717) is 28.9 Å². The molecule has 0 saturated heterocycles. The fourth-order valence-electron chi connectivity index (χ4n) is 4.01. The van der Waals surface area contributed by atoms with Crippen LogP contribution in [0.1, 0.15) is 32.0 Å². The van der Waals surface area contributed by atoms with Crippen LogP contribution < -0.4 is 4.74 Å². The second-order valence-electron chi connectivity index (χ2n) is 7.53. The standard InChI is InChI=1S/C26H20N2O3S/c1-31-19-11-9-18(10-12-19)26(30)23-14-20(25(29)17-6-3-2-4-7-17)22-15-21(27-16-28(22)23)24-8-5-13-32-24/h2-13,15-16,23H,14H2,1H3/t23-/m1/s1. The summed E-state index contributed by atoms with van der Waals surface area (Å²) in [6.07, 6.45) is 3.93. The first-order valence-electron chi connectivity index (χ1n) is 10.2. The summed E-state index contributed by atoms with van der Waals surface area (Å²) in [6.45, 7) is 0. The van der Waals surface area contributed by atoms with Gasteiger partial charge < -0.3 is 9.64 Å². The van der Waals surface area contributed by atoms with Crippen LogP contribution in [0, 0.1) is 0 Å². The number of carbonyl (C=O) groups excluding carboxylic acids is 2. The molecule has 2 aromatic carbocycles. The fourth-order valence-corrected chi connectivity index (χ4v) is 4.71. The quantitative estimate of drug-likeness (QED) is 0.492. The van der Waals surface area contributed by atoms with Gasteiger partial charge in [0.2, 0.25) is 0 Å². The topological polar surface area (TPSA) is 59.0 Å². The first-order valence-corrected chi connectivity index (χ1v) is 11.1. The van der Waals surface area contributed by atoms with Crippen LogP contribution in [0.15, 0.2) is 94.4 Å². The highest BCUT2D eigenvalue weighted by Crippen LogP contribution is 2.37. The SMILES string of the molecule is COc1ccc(C(=O)[C@H]2CC(C(=O)c3ccccc3)=C3C=C(c4cccs4)N=CN32)cc1. The molecule has 2 aliphatic heterocycles. The van der Waals surface area contributed by atoms with Crippen LogP contribution in [-0.4, -0.2) is 36.0 Å². The highest BCUT2D eigenvalue weighted by atomic mass is 32.1. The van der Waals surface area contributed by atoms with Crippen LogP contribution in [-0.2, 0) is 0 Å². The number of thiophene rings is 1. The van der Waals surface area contributed by atoms with Crippen molar-refractivity contribution < 1.29 is 14.3 Å². The lowest BCUT2D eigenvalue weighted by molar-refractivity contribution is 0.0918. The third kappa shape index (κ3) is 3.59. The number of methoxy groups -OCH3 is 1. The monoisotopic (exact) mass is 440 g/mol. The Morgan fingerprint density at radius 2 is 1.78 bits per heavy atom. The van der Waals surface area contributed by atoms with Gasteiger partial charge in [-0.25, -0.2) is 4.99 Å². The van der Waals surface area contributed by atoms with E-state index >= 15 is 0 Å². The Bertz CT molecular complexity index is 1260. The van der Waals surface area contributed by atoms with Crippen molar-refractivity contribution in [1.29, 1.82) is 0 Å². The van der Waals surface area contributed by atoms with Gasteiger partial charge >= 0.3 is 0 Å². The first kappa shape index (κ1) is 20.2. The molecule has 0 aliphatic carbocycles. The molecule has 0 bridgehead atoms. The van der Waals surface area contributed by atoms with E-state index in [0.717, 1.165) is 16.3 Å². The number of fused-ring (bicyclic) bond motifs is 1. The Labute approximate surface area is 190 Å². The summed E-state index contributed by atoms with van der Waals surface area (Å²) in [6, 6.07) is 19.7. The first-order chi connectivity index (χ1) is 15.7. The van der Waals surface area contributed by atoms with Gasteiger partial charge in [-0.2, -0.15) is 0 Å². The molecule has 1 aromatic heterocycles. The second kappa shape index (κ2) is 8.40. The van der Waals surface area contributed by atoms with E-state index < -0.39 is 6.04 Å². The Kier molecular flexibility index (Phi) is 5.29. The van der Waals surface area contributed by atoms with Gasteiger partial charge in [0.15, 0.2) is 11.6 Å². The number of carbonyl (C=O) groups is 2. The summed E-state index contributed by atoms with van der Waals surface area (Å²) >= 11 is 1.59. The molecule has 158 valence electrons. The van der Waals surface area contributed by atoms with Crippen molar-refractivity contribution in [2.75, 3.05) is 7.11 Å². The van der Waals surface area contributed by atoms with Crippen molar-refractivity contribution >= 4 is 34.9 Å². The van der Waals surface area contributed by atoms with E-state index in [-0.39, 0.29) is 11.6 Å². The number of ether oxygens (including phenoxy) is 1. The van der Waals surface area contributed by atoms with Gasteiger partial charge in [0, 0.05) is 23.1 Å². The molecule has 3 heterocycles. The third-order valence-electron chi connectivity index (χ3n) is 5.68. The fraction of sp³-hybridized carbons (Fsp3) is 0.115. The van der Waals surface area contributed by atoms with Crippen LogP contribution in [0.5, 0.6) is 5.75 Å². The van der Waals surface area contributed by atoms with Gasteiger partial charge in [-0.05, 0) is 41.8 Å². The van der Waals surface area contributed by atoms with Gasteiger partial charge in [-0.1, -0.05) is 36.4 Å². The zero-order valence-corrected chi connectivity index (χ0v) is 18.2. The van der Waals surface area contributed by atoms with Crippen LogP contribution in [0.3, 0.4) is 0 Å². The molecule has 0 N–H and O–H groups in total. The minimum atomic E-state index is -0.522. The van der Waals surface area contributed by atoms with Crippen LogP contribution >= 0.6 is 11.3 Å². The summed E-state index contributed by atoms with van der Waals surface area (Å²) in [5.41, 5.74) is 3.35. The molecule has 0 unspecified atom stereocenters. The maximum Gasteiger partial charge on any atom is 0.191 e. The van der Waals surface area contributed by atoms with Gasteiger partial charge in [0.05, 0.1) is 29.7 Å². The minimum absolute atomic E-state index is 0.0551. The van der Waals surface area contributed by atoms with E-state index in [1.807, 2.05) is 46.7 Å².